The summed E-state index contributed by atoms with van der Waals surface area (Å²) < 4.78 is 0. The molecule has 4 aliphatic carbocycles. The number of nitrogens with two attached hydrogens (primary N) is 1. The van der Waals surface area contributed by atoms with E-state index in [1.165, 1.54) is 19.3 Å². The molecule has 0 radical (unpaired) electrons. The second-order valence-electron chi connectivity index (χ2n) is 9.18. The van der Waals surface area contributed by atoms with Crippen molar-refractivity contribution in [1.29, 1.82) is 0 Å². The summed E-state index contributed by atoms with van der Waals surface area (Å²) >= 11 is 6.14. The lowest BCUT2D eigenvalue weighted by molar-refractivity contribution is -0.158. The number of nitrogens with zero attached hydrogens (tertiary/aromatic N) is 2. The first-order valence-electron chi connectivity index (χ1n) is 10.1. The van der Waals surface area contributed by atoms with Crippen molar-refractivity contribution in [2.45, 2.75) is 38.5 Å². The highest BCUT2D eigenvalue weighted by atomic mass is 35.5. The minimum Gasteiger partial charge on any atom is -0.397 e. The van der Waals surface area contributed by atoms with E-state index in [4.69, 9.17) is 17.3 Å². The van der Waals surface area contributed by atoms with Gasteiger partial charge in [0.15, 0.2) is 0 Å². The van der Waals surface area contributed by atoms with Crippen LogP contribution in [0.5, 0.6) is 0 Å². The number of amides is 1. The average molecular weight is 374 g/mol. The molecule has 6 rings (SSSR count). The SMILES string of the molecule is Nc1ccc(Cl)cc1N1CCN(C(=O)C23CC4CC(CC(C4)C2)C3)CC1. The fourth-order valence-electron chi connectivity index (χ4n) is 6.65. The summed E-state index contributed by atoms with van der Waals surface area (Å²) in [6.45, 7) is 3.27. The lowest BCUT2D eigenvalue weighted by Crippen LogP contribution is -2.58. The van der Waals surface area contributed by atoms with Crippen molar-refractivity contribution < 1.29 is 4.79 Å². The molecule has 140 valence electrons. The summed E-state index contributed by atoms with van der Waals surface area (Å²) in [5.74, 6) is 2.91. The average Bonchev–Trinajstić information content (AvgIpc) is 2.62. The van der Waals surface area contributed by atoms with E-state index in [1.807, 2.05) is 18.2 Å². The Balaban J connectivity index is 1.28. The summed E-state index contributed by atoms with van der Waals surface area (Å²) in [4.78, 5) is 17.9. The van der Waals surface area contributed by atoms with Crippen molar-refractivity contribution >= 4 is 28.9 Å². The van der Waals surface area contributed by atoms with Gasteiger partial charge in [0, 0.05) is 31.2 Å². The Morgan fingerprint density at radius 2 is 1.58 bits per heavy atom. The quantitative estimate of drug-likeness (QED) is 0.802. The maximum atomic E-state index is 13.5. The van der Waals surface area contributed by atoms with Gasteiger partial charge in [-0.25, -0.2) is 0 Å². The van der Waals surface area contributed by atoms with Crippen LogP contribution in [0.25, 0.3) is 0 Å². The van der Waals surface area contributed by atoms with Crippen LogP contribution < -0.4 is 10.6 Å². The Kier molecular flexibility index (Phi) is 3.89. The normalized spacial score (nSPS) is 35.8. The van der Waals surface area contributed by atoms with Gasteiger partial charge in [-0.1, -0.05) is 11.6 Å². The molecule has 5 heteroatoms. The van der Waals surface area contributed by atoms with Crippen molar-refractivity contribution in [3.63, 3.8) is 0 Å². The second-order valence-corrected chi connectivity index (χ2v) is 9.62. The zero-order chi connectivity index (χ0) is 17.9. The third-order valence-electron chi connectivity index (χ3n) is 7.39. The molecule has 5 fully saturated rings. The Hall–Kier alpha value is -1.42. The van der Waals surface area contributed by atoms with Crippen molar-refractivity contribution in [1.82, 2.24) is 4.90 Å². The molecule has 0 atom stereocenters. The van der Waals surface area contributed by atoms with Gasteiger partial charge in [0.2, 0.25) is 5.91 Å². The standard InChI is InChI=1S/C21H28ClN3O/c22-17-1-2-18(23)19(10-17)24-3-5-25(6-4-24)20(26)21-11-14-7-15(12-21)9-16(8-14)13-21/h1-2,10,14-16H,3-9,11-13,23H2. The van der Waals surface area contributed by atoms with Gasteiger partial charge >= 0.3 is 0 Å². The van der Waals surface area contributed by atoms with Gasteiger partial charge in [0.05, 0.1) is 16.8 Å². The van der Waals surface area contributed by atoms with Crippen molar-refractivity contribution in [2.75, 3.05) is 36.8 Å². The van der Waals surface area contributed by atoms with E-state index in [1.54, 1.807) is 0 Å². The van der Waals surface area contributed by atoms with E-state index in [0.29, 0.717) is 10.9 Å². The highest BCUT2D eigenvalue weighted by molar-refractivity contribution is 6.31. The van der Waals surface area contributed by atoms with E-state index in [9.17, 15) is 4.79 Å². The maximum absolute atomic E-state index is 13.5. The molecule has 0 unspecified atom stereocenters. The number of hydrogen-bond donors (Lipinski definition) is 1. The minimum absolute atomic E-state index is 0.0218. The monoisotopic (exact) mass is 373 g/mol. The summed E-state index contributed by atoms with van der Waals surface area (Å²) in [6, 6.07) is 5.63. The number of piperazine rings is 1. The van der Waals surface area contributed by atoms with Crippen LogP contribution in [-0.4, -0.2) is 37.0 Å². The van der Waals surface area contributed by atoms with Gasteiger partial charge in [0.25, 0.3) is 0 Å². The molecule has 4 saturated carbocycles. The van der Waals surface area contributed by atoms with E-state index in [0.717, 1.165) is 74.6 Å². The molecule has 2 N–H and O–H groups in total. The van der Waals surface area contributed by atoms with Crippen molar-refractivity contribution in [3.05, 3.63) is 23.2 Å². The first kappa shape index (κ1) is 16.7. The van der Waals surface area contributed by atoms with Crippen molar-refractivity contribution in [3.8, 4) is 0 Å². The molecular formula is C21H28ClN3O. The van der Waals surface area contributed by atoms with Gasteiger partial charge in [0.1, 0.15) is 0 Å². The van der Waals surface area contributed by atoms with Gasteiger partial charge in [-0.15, -0.1) is 0 Å². The van der Waals surface area contributed by atoms with Crippen LogP contribution in [-0.2, 0) is 4.79 Å². The summed E-state index contributed by atoms with van der Waals surface area (Å²) in [6.07, 6.45) is 7.61. The predicted molar refractivity (Wildman–Crippen MR) is 105 cm³/mol. The van der Waals surface area contributed by atoms with Crippen LogP contribution in [0.4, 0.5) is 11.4 Å². The van der Waals surface area contributed by atoms with Crippen LogP contribution in [0.1, 0.15) is 38.5 Å². The molecule has 5 aliphatic rings. The third-order valence-corrected chi connectivity index (χ3v) is 7.63. The summed E-state index contributed by atoms with van der Waals surface area (Å²) in [5, 5.41) is 0.710. The molecule has 1 heterocycles. The van der Waals surface area contributed by atoms with Crippen LogP contribution in [0.15, 0.2) is 18.2 Å². The maximum Gasteiger partial charge on any atom is 0.228 e. The Bertz CT molecular complexity index is 691. The van der Waals surface area contributed by atoms with Crippen LogP contribution in [0.3, 0.4) is 0 Å². The molecule has 1 aliphatic heterocycles. The highest BCUT2D eigenvalue weighted by Gasteiger charge is 2.55. The molecule has 4 nitrogen and oxygen atoms in total. The van der Waals surface area contributed by atoms with Crippen LogP contribution in [0, 0.1) is 23.2 Å². The van der Waals surface area contributed by atoms with Crippen LogP contribution in [0.2, 0.25) is 5.02 Å². The molecule has 0 aromatic heterocycles. The first-order valence-corrected chi connectivity index (χ1v) is 10.5. The van der Waals surface area contributed by atoms with Gasteiger partial charge in [-0.05, 0) is 74.5 Å². The number of carbonyl (C=O) groups excluding carboxylic acids is 1. The van der Waals surface area contributed by atoms with E-state index >= 15 is 0 Å². The Labute approximate surface area is 160 Å². The molecule has 0 spiro atoms. The summed E-state index contributed by atoms with van der Waals surface area (Å²) in [7, 11) is 0. The smallest absolute Gasteiger partial charge is 0.228 e. The van der Waals surface area contributed by atoms with Crippen molar-refractivity contribution in [2.24, 2.45) is 23.2 Å². The van der Waals surface area contributed by atoms with Crippen LogP contribution >= 0.6 is 11.6 Å². The zero-order valence-electron chi connectivity index (χ0n) is 15.3. The number of anilines is 2. The number of rotatable bonds is 2. The molecule has 4 bridgehead atoms. The second kappa shape index (κ2) is 6.05. The fraction of sp³-hybridized carbons (Fsp3) is 0.667. The molecule has 1 aromatic rings. The van der Waals surface area contributed by atoms with E-state index in [2.05, 4.69) is 9.80 Å². The molecule has 1 saturated heterocycles. The summed E-state index contributed by atoms with van der Waals surface area (Å²) in [5.41, 5.74) is 7.87. The van der Waals surface area contributed by atoms with Gasteiger partial charge < -0.3 is 15.5 Å². The van der Waals surface area contributed by atoms with Gasteiger partial charge in [-0.3, -0.25) is 4.79 Å². The Morgan fingerprint density at radius 1 is 1.00 bits per heavy atom. The fourth-order valence-corrected chi connectivity index (χ4v) is 6.82. The first-order chi connectivity index (χ1) is 12.5. The molecular weight excluding hydrogens is 346 g/mol. The predicted octanol–water partition coefficient (Wildman–Crippen LogP) is 3.79. The topological polar surface area (TPSA) is 49.6 Å². The largest absolute Gasteiger partial charge is 0.397 e. The number of hydrogen-bond acceptors (Lipinski definition) is 3. The third kappa shape index (κ3) is 2.69. The molecule has 1 aromatic carbocycles. The number of nitrogen functional groups attached to an aromatic ring is 1. The number of carbonyl (C=O) groups is 1. The van der Waals surface area contributed by atoms with E-state index in [-0.39, 0.29) is 5.41 Å². The Morgan fingerprint density at radius 3 is 2.15 bits per heavy atom. The zero-order valence-corrected chi connectivity index (χ0v) is 16.0. The molecule has 26 heavy (non-hydrogen) atoms. The number of benzene rings is 1. The lowest BCUT2D eigenvalue weighted by Gasteiger charge is -2.57. The van der Waals surface area contributed by atoms with E-state index < -0.39 is 0 Å². The lowest BCUT2D eigenvalue weighted by atomic mass is 9.49. The molecule has 1 amide bonds. The minimum atomic E-state index is -0.0218. The highest BCUT2D eigenvalue weighted by Crippen LogP contribution is 2.60. The number of halogens is 1. The van der Waals surface area contributed by atoms with Gasteiger partial charge in [-0.2, -0.15) is 0 Å².